The summed E-state index contributed by atoms with van der Waals surface area (Å²) >= 11 is 0. The predicted octanol–water partition coefficient (Wildman–Crippen LogP) is 2.70. The van der Waals surface area contributed by atoms with Crippen molar-refractivity contribution in [1.82, 2.24) is 0 Å². The van der Waals surface area contributed by atoms with E-state index in [-0.39, 0.29) is 11.7 Å². The van der Waals surface area contributed by atoms with E-state index in [1.807, 2.05) is 0 Å². The van der Waals surface area contributed by atoms with Crippen molar-refractivity contribution in [2.24, 2.45) is 5.92 Å². The normalized spacial score (nSPS) is 33.3. The second-order valence-electron chi connectivity index (χ2n) is 5.00. The van der Waals surface area contributed by atoms with Crippen molar-refractivity contribution in [1.29, 1.82) is 0 Å². The summed E-state index contributed by atoms with van der Waals surface area (Å²) in [6.45, 7) is 8.71. The van der Waals surface area contributed by atoms with Crippen LogP contribution in [0.1, 0.15) is 40.0 Å². The molecule has 1 heterocycles. The largest absolute Gasteiger partial charge is 0.382 e. The second-order valence-corrected chi connectivity index (χ2v) is 5.00. The molecular weight excluding hydrogens is 187 g/mol. The van der Waals surface area contributed by atoms with E-state index in [4.69, 9.17) is 9.47 Å². The number of ether oxygens (including phenoxy) is 2. The minimum atomic E-state index is 0.0343. The molecule has 0 spiro atoms. The van der Waals surface area contributed by atoms with E-state index in [0.29, 0.717) is 11.9 Å². The molecule has 1 unspecified atom stereocenters. The van der Waals surface area contributed by atoms with E-state index in [2.05, 4.69) is 34.9 Å². The number of methoxy groups -OCH3 is 1. The van der Waals surface area contributed by atoms with E-state index < -0.39 is 0 Å². The molecule has 1 radical (unpaired) electrons. The number of hydrogen-bond donors (Lipinski definition) is 0. The van der Waals surface area contributed by atoms with Crippen LogP contribution in [0.25, 0.3) is 0 Å². The lowest BCUT2D eigenvalue weighted by molar-refractivity contribution is -0.0799. The Balaban J connectivity index is 2.64. The van der Waals surface area contributed by atoms with Crippen LogP contribution in [0, 0.1) is 5.92 Å². The Kier molecular flexibility index (Phi) is 4.66. The Labute approximate surface area is 95.0 Å². The Morgan fingerprint density at radius 2 is 2.13 bits per heavy atom. The molecule has 0 saturated carbocycles. The van der Waals surface area contributed by atoms with E-state index in [1.54, 1.807) is 7.11 Å². The number of hydrogen-bond acceptors (Lipinski definition) is 2. The molecule has 0 bridgehead atoms. The SMILES string of the molecule is C[B]C1CC[C@](C[C@H](C)OC)(C(C)C)O1. The van der Waals surface area contributed by atoms with Crippen LogP contribution in [0.15, 0.2) is 0 Å². The van der Waals surface area contributed by atoms with Crippen molar-refractivity contribution >= 4 is 7.28 Å². The third kappa shape index (κ3) is 2.98. The van der Waals surface area contributed by atoms with E-state index >= 15 is 0 Å². The zero-order chi connectivity index (χ0) is 11.5. The molecule has 3 heteroatoms. The number of rotatable bonds is 5. The molecule has 0 aliphatic carbocycles. The molecule has 0 aromatic rings. The molecule has 2 nitrogen and oxygen atoms in total. The molecule has 1 aliphatic rings. The molecule has 0 N–H and O–H groups in total. The summed E-state index contributed by atoms with van der Waals surface area (Å²) in [5, 5.41) is 0. The lowest BCUT2D eigenvalue weighted by atomic mass is 9.73. The van der Waals surface area contributed by atoms with Crippen molar-refractivity contribution in [3.05, 3.63) is 0 Å². The molecular formula is C12H24BO2. The van der Waals surface area contributed by atoms with Crippen molar-refractivity contribution in [2.45, 2.75) is 64.6 Å². The van der Waals surface area contributed by atoms with Gasteiger partial charge in [0.2, 0.25) is 0 Å². The quantitative estimate of drug-likeness (QED) is 0.651. The second kappa shape index (κ2) is 5.35. The van der Waals surface area contributed by atoms with Gasteiger partial charge in [0.1, 0.15) is 7.28 Å². The average molecular weight is 211 g/mol. The zero-order valence-corrected chi connectivity index (χ0v) is 10.7. The van der Waals surface area contributed by atoms with Gasteiger partial charge in [-0.15, -0.1) is 0 Å². The minimum Gasteiger partial charge on any atom is -0.382 e. The van der Waals surface area contributed by atoms with Gasteiger partial charge in [0.05, 0.1) is 11.7 Å². The van der Waals surface area contributed by atoms with E-state index in [0.717, 1.165) is 19.3 Å². The topological polar surface area (TPSA) is 18.5 Å². The Morgan fingerprint density at radius 3 is 2.53 bits per heavy atom. The van der Waals surface area contributed by atoms with Crippen LogP contribution in [-0.2, 0) is 9.47 Å². The molecule has 0 amide bonds. The first kappa shape index (κ1) is 13.1. The molecule has 1 saturated heterocycles. The maximum Gasteiger partial charge on any atom is 0.146 e. The molecule has 0 aromatic heterocycles. The first-order valence-electron chi connectivity index (χ1n) is 6.04. The lowest BCUT2D eigenvalue weighted by Gasteiger charge is -2.35. The highest BCUT2D eigenvalue weighted by Gasteiger charge is 2.42. The van der Waals surface area contributed by atoms with Crippen LogP contribution in [0.4, 0.5) is 0 Å². The Bertz CT molecular complexity index is 196. The maximum atomic E-state index is 6.20. The van der Waals surface area contributed by atoms with Crippen LogP contribution >= 0.6 is 0 Å². The summed E-state index contributed by atoms with van der Waals surface area (Å²) in [6, 6.07) is 0.344. The van der Waals surface area contributed by atoms with Gasteiger partial charge in [-0.1, -0.05) is 20.7 Å². The molecule has 1 rings (SSSR count). The Hall–Kier alpha value is -0.0151. The van der Waals surface area contributed by atoms with Gasteiger partial charge in [0.25, 0.3) is 0 Å². The maximum absolute atomic E-state index is 6.20. The van der Waals surface area contributed by atoms with Gasteiger partial charge < -0.3 is 9.47 Å². The third-order valence-corrected chi connectivity index (χ3v) is 3.70. The van der Waals surface area contributed by atoms with Crippen LogP contribution in [-0.4, -0.2) is 32.1 Å². The Morgan fingerprint density at radius 1 is 1.47 bits per heavy atom. The van der Waals surface area contributed by atoms with Crippen molar-refractivity contribution < 1.29 is 9.47 Å². The van der Waals surface area contributed by atoms with Gasteiger partial charge >= 0.3 is 0 Å². The summed E-state index contributed by atoms with van der Waals surface area (Å²) in [6.07, 6.45) is 3.60. The molecule has 15 heavy (non-hydrogen) atoms. The van der Waals surface area contributed by atoms with Crippen LogP contribution < -0.4 is 0 Å². The van der Waals surface area contributed by atoms with Gasteiger partial charge in [-0.05, 0) is 25.7 Å². The summed E-state index contributed by atoms with van der Waals surface area (Å²) in [5.74, 6) is 0.556. The molecule has 87 valence electrons. The lowest BCUT2D eigenvalue weighted by Crippen LogP contribution is -2.39. The summed E-state index contributed by atoms with van der Waals surface area (Å²) in [5.41, 5.74) is 0.0343. The average Bonchev–Trinajstić information content (AvgIpc) is 2.62. The first-order chi connectivity index (χ1) is 7.04. The summed E-state index contributed by atoms with van der Waals surface area (Å²) in [7, 11) is 3.94. The van der Waals surface area contributed by atoms with Gasteiger partial charge in [-0.3, -0.25) is 0 Å². The fourth-order valence-electron chi connectivity index (χ4n) is 2.42. The standard InChI is InChI=1S/C12H24BO2/c1-9(2)12(8-10(3)14-5)7-6-11(13-4)15-12/h9-11H,6-8H2,1-5H3/t10-,11?,12-/m0/s1. The van der Waals surface area contributed by atoms with Crippen molar-refractivity contribution in [2.75, 3.05) is 7.11 Å². The fraction of sp³-hybridized carbons (Fsp3) is 1.00. The zero-order valence-electron chi connectivity index (χ0n) is 10.7. The van der Waals surface area contributed by atoms with Gasteiger partial charge in [-0.25, -0.2) is 0 Å². The molecule has 1 fully saturated rings. The van der Waals surface area contributed by atoms with Crippen LogP contribution in [0.5, 0.6) is 0 Å². The fourth-order valence-corrected chi connectivity index (χ4v) is 2.42. The minimum absolute atomic E-state index is 0.0343. The van der Waals surface area contributed by atoms with Gasteiger partial charge in [0, 0.05) is 19.5 Å². The molecule has 3 atom stereocenters. The summed E-state index contributed by atoms with van der Waals surface area (Å²) in [4.78, 5) is 0. The van der Waals surface area contributed by atoms with Crippen molar-refractivity contribution in [3.63, 3.8) is 0 Å². The van der Waals surface area contributed by atoms with E-state index in [9.17, 15) is 0 Å². The molecule has 0 aromatic carbocycles. The van der Waals surface area contributed by atoms with Crippen LogP contribution in [0.2, 0.25) is 6.82 Å². The first-order valence-corrected chi connectivity index (χ1v) is 6.04. The van der Waals surface area contributed by atoms with E-state index in [1.165, 1.54) is 0 Å². The highest BCUT2D eigenvalue weighted by atomic mass is 16.5. The monoisotopic (exact) mass is 211 g/mol. The smallest absolute Gasteiger partial charge is 0.146 e. The van der Waals surface area contributed by atoms with Crippen molar-refractivity contribution in [3.8, 4) is 0 Å². The van der Waals surface area contributed by atoms with Gasteiger partial charge in [0.15, 0.2) is 0 Å². The highest BCUT2D eigenvalue weighted by molar-refractivity contribution is 6.35. The predicted molar refractivity (Wildman–Crippen MR) is 64.4 cm³/mol. The van der Waals surface area contributed by atoms with Gasteiger partial charge in [-0.2, -0.15) is 0 Å². The summed E-state index contributed by atoms with van der Waals surface area (Å²) < 4.78 is 11.6. The highest BCUT2D eigenvalue weighted by Crippen LogP contribution is 2.40. The van der Waals surface area contributed by atoms with Crippen LogP contribution in [0.3, 0.4) is 0 Å². The third-order valence-electron chi connectivity index (χ3n) is 3.70. The molecule has 1 aliphatic heterocycles.